The third kappa shape index (κ3) is 4.11. The second kappa shape index (κ2) is 11.3. The molecule has 0 atom stereocenters. The molecule has 0 saturated carbocycles. The van der Waals surface area contributed by atoms with Crippen LogP contribution < -0.4 is 0 Å². The van der Waals surface area contributed by atoms with Gasteiger partial charge in [-0.1, -0.05) is 135 Å². The number of rotatable bonds is 3. The number of aromatic nitrogens is 4. The van der Waals surface area contributed by atoms with E-state index in [1.54, 1.807) is 0 Å². The monoisotopic (exact) mass is 740 g/mol. The molecule has 0 fully saturated rings. The first-order chi connectivity index (χ1) is 28.5. The van der Waals surface area contributed by atoms with Crippen LogP contribution in [0.15, 0.2) is 182 Å². The lowest BCUT2D eigenvalue weighted by Gasteiger charge is -2.23. The lowest BCUT2D eigenvalue weighted by atomic mass is 9.80. The molecule has 4 aromatic heterocycles. The van der Waals surface area contributed by atoms with Crippen LogP contribution in [0, 0.1) is 0 Å². The van der Waals surface area contributed by atoms with Crippen molar-refractivity contribution in [1.82, 2.24) is 18.5 Å². The molecule has 0 radical (unpaired) electrons. The van der Waals surface area contributed by atoms with Crippen molar-refractivity contribution >= 4 is 71.1 Å². The third-order valence-electron chi connectivity index (χ3n) is 12.9. The first kappa shape index (κ1) is 31.7. The number of pyridine rings is 1. The molecule has 58 heavy (non-hydrogen) atoms. The Morgan fingerprint density at radius 3 is 1.43 bits per heavy atom. The van der Waals surface area contributed by atoms with Crippen LogP contribution in [0.4, 0.5) is 0 Å². The van der Waals surface area contributed by atoms with Crippen LogP contribution >= 0.6 is 0 Å². The molecule has 272 valence electrons. The van der Waals surface area contributed by atoms with Crippen LogP contribution in [0.5, 0.6) is 0 Å². The van der Waals surface area contributed by atoms with Crippen molar-refractivity contribution in [2.45, 2.75) is 19.3 Å². The quantitative estimate of drug-likeness (QED) is 0.177. The van der Waals surface area contributed by atoms with Crippen LogP contribution in [-0.4, -0.2) is 18.5 Å². The van der Waals surface area contributed by atoms with E-state index in [0.29, 0.717) is 0 Å². The van der Waals surface area contributed by atoms with E-state index in [-0.39, 0.29) is 5.41 Å². The normalized spacial score (nSPS) is 13.5. The summed E-state index contributed by atoms with van der Waals surface area (Å²) in [6.45, 7) is 4.77. The molecule has 0 bridgehead atoms. The van der Waals surface area contributed by atoms with Crippen molar-refractivity contribution in [2.75, 3.05) is 0 Å². The highest BCUT2D eigenvalue weighted by Gasteiger charge is 2.40. The van der Waals surface area contributed by atoms with Crippen molar-refractivity contribution in [3.8, 4) is 33.8 Å². The SMILES string of the molecule is CC1(C)c2ccc(-c3cc(-n4c5ccccc5c5ccccc54)cc(-n4c5ccccc5c5ccccc54)c3)cc2-c2c1c1ccccc1c1nc3ccccc3n21. The van der Waals surface area contributed by atoms with Gasteiger partial charge in [-0.2, -0.15) is 0 Å². The topological polar surface area (TPSA) is 27.2 Å². The van der Waals surface area contributed by atoms with Gasteiger partial charge in [0.05, 0.1) is 38.8 Å². The maximum Gasteiger partial charge on any atom is 0.146 e. The van der Waals surface area contributed by atoms with Gasteiger partial charge in [-0.25, -0.2) is 4.98 Å². The highest BCUT2D eigenvalue weighted by atomic mass is 15.0. The van der Waals surface area contributed by atoms with Gasteiger partial charge in [0.25, 0.3) is 0 Å². The summed E-state index contributed by atoms with van der Waals surface area (Å²) in [7, 11) is 0. The second-order valence-electron chi connectivity index (χ2n) is 16.4. The Morgan fingerprint density at radius 2 is 0.879 bits per heavy atom. The summed E-state index contributed by atoms with van der Waals surface area (Å²) in [6.07, 6.45) is 0. The van der Waals surface area contributed by atoms with E-state index in [9.17, 15) is 0 Å². The van der Waals surface area contributed by atoms with E-state index >= 15 is 0 Å². The zero-order valence-corrected chi connectivity index (χ0v) is 32.1. The lowest BCUT2D eigenvalue weighted by Crippen LogP contribution is -2.16. The standard InChI is InChI=1S/C54H36N4/c1-54(2)44-28-27-33(31-43(44)52-51(54)41-19-3-4-20-42(41)53-55-45-21-9-14-26-50(45)58(52)53)34-29-35(56-46-22-10-5-15-37(46)38-16-6-11-23-47(38)56)32-36(30-34)57-48-24-12-7-17-39(48)40-18-8-13-25-49(40)57/h3-32H,1-2H3. The van der Waals surface area contributed by atoms with Gasteiger partial charge in [0.15, 0.2) is 0 Å². The summed E-state index contributed by atoms with van der Waals surface area (Å²) < 4.78 is 7.33. The van der Waals surface area contributed by atoms with E-state index in [1.807, 2.05) is 0 Å². The molecule has 1 aliphatic carbocycles. The zero-order valence-electron chi connectivity index (χ0n) is 32.1. The fraction of sp³-hybridized carbons (Fsp3) is 0.0556. The van der Waals surface area contributed by atoms with Crippen LogP contribution in [0.3, 0.4) is 0 Å². The Kier molecular flexibility index (Phi) is 6.20. The average molecular weight is 741 g/mol. The minimum Gasteiger partial charge on any atom is -0.309 e. The van der Waals surface area contributed by atoms with E-state index in [2.05, 4.69) is 209 Å². The second-order valence-corrected chi connectivity index (χ2v) is 16.4. The molecule has 0 saturated heterocycles. The van der Waals surface area contributed by atoms with Crippen LogP contribution in [0.1, 0.15) is 25.0 Å². The van der Waals surface area contributed by atoms with Gasteiger partial charge in [0.2, 0.25) is 0 Å². The van der Waals surface area contributed by atoms with Crippen molar-refractivity contribution in [3.05, 3.63) is 193 Å². The van der Waals surface area contributed by atoms with Gasteiger partial charge in [0, 0.05) is 49.3 Å². The summed E-state index contributed by atoms with van der Waals surface area (Å²) >= 11 is 0. The van der Waals surface area contributed by atoms with E-state index in [4.69, 9.17) is 4.98 Å². The molecule has 0 unspecified atom stereocenters. The van der Waals surface area contributed by atoms with Gasteiger partial charge < -0.3 is 9.13 Å². The summed E-state index contributed by atoms with van der Waals surface area (Å²) in [6, 6.07) is 66.9. The molecular weight excluding hydrogens is 705 g/mol. The molecular formula is C54H36N4. The Bertz CT molecular complexity index is 3480. The maximum absolute atomic E-state index is 5.26. The molecule has 0 N–H and O–H groups in total. The smallest absolute Gasteiger partial charge is 0.146 e. The number of fused-ring (bicyclic) bond motifs is 16. The predicted octanol–water partition coefficient (Wildman–Crippen LogP) is 13.8. The van der Waals surface area contributed by atoms with E-state index < -0.39 is 0 Å². The average Bonchev–Trinajstić information content (AvgIpc) is 3.99. The molecule has 0 aliphatic heterocycles. The minimum absolute atomic E-state index is 0.221. The Morgan fingerprint density at radius 1 is 0.414 bits per heavy atom. The summed E-state index contributed by atoms with van der Waals surface area (Å²) in [5, 5.41) is 7.46. The number of benzene rings is 8. The Hall–Kier alpha value is -7.43. The highest BCUT2D eigenvalue weighted by Crippen LogP contribution is 2.53. The molecule has 4 nitrogen and oxygen atoms in total. The maximum atomic E-state index is 5.26. The lowest BCUT2D eigenvalue weighted by molar-refractivity contribution is 0.665. The summed E-state index contributed by atoms with van der Waals surface area (Å²) in [5.74, 6) is 0. The molecule has 12 aromatic rings. The largest absolute Gasteiger partial charge is 0.309 e. The fourth-order valence-corrected chi connectivity index (χ4v) is 10.5. The van der Waals surface area contributed by atoms with Gasteiger partial charge in [-0.05, 0) is 88.3 Å². The van der Waals surface area contributed by atoms with Crippen molar-refractivity contribution < 1.29 is 0 Å². The number of hydrogen-bond donors (Lipinski definition) is 0. The van der Waals surface area contributed by atoms with Gasteiger partial charge in [0.1, 0.15) is 5.65 Å². The van der Waals surface area contributed by atoms with Crippen LogP contribution in [0.2, 0.25) is 0 Å². The first-order valence-corrected chi connectivity index (χ1v) is 20.1. The predicted molar refractivity (Wildman–Crippen MR) is 242 cm³/mol. The molecule has 0 amide bonds. The summed E-state index contributed by atoms with van der Waals surface area (Å²) in [5.41, 5.74) is 17.5. The molecule has 1 aliphatic rings. The van der Waals surface area contributed by atoms with Crippen molar-refractivity contribution in [1.29, 1.82) is 0 Å². The highest BCUT2D eigenvalue weighted by molar-refractivity contribution is 6.11. The first-order valence-electron chi connectivity index (χ1n) is 20.1. The molecule has 4 heterocycles. The van der Waals surface area contributed by atoms with Gasteiger partial charge in [-0.15, -0.1) is 0 Å². The number of imidazole rings is 1. The van der Waals surface area contributed by atoms with Crippen LogP contribution in [-0.2, 0) is 5.41 Å². The third-order valence-corrected chi connectivity index (χ3v) is 12.9. The zero-order chi connectivity index (χ0) is 38.3. The minimum atomic E-state index is -0.221. The molecule has 4 heteroatoms. The van der Waals surface area contributed by atoms with Gasteiger partial charge >= 0.3 is 0 Å². The number of para-hydroxylation sites is 6. The fourth-order valence-electron chi connectivity index (χ4n) is 10.5. The molecule has 13 rings (SSSR count). The van der Waals surface area contributed by atoms with Crippen molar-refractivity contribution in [3.63, 3.8) is 0 Å². The summed E-state index contributed by atoms with van der Waals surface area (Å²) in [4.78, 5) is 5.26. The van der Waals surface area contributed by atoms with Gasteiger partial charge in [-0.3, -0.25) is 4.40 Å². The molecule has 8 aromatic carbocycles. The van der Waals surface area contributed by atoms with E-state index in [1.165, 1.54) is 82.3 Å². The van der Waals surface area contributed by atoms with E-state index in [0.717, 1.165) is 33.6 Å². The molecule has 0 spiro atoms. The van der Waals surface area contributed by atoms with Crippen molar-refractivity contribution in [2.24, 2.45) is 0 Å². The Labute approximate surface area is 334 Å². The number of nitrogens with zero attached hydrogens (tertiary/aromatic N) is 4. The Balaban J connectivity index is 1.14. The van der Waals surface area contributed by atoms with Crippen LogP contribution in [0.25, 0.3) is 105 Å². The number of hydrogen-bond acceptors (Lipinski definition) is 1.